The molecule has 0 amide bonds. The number of nitrogens with zero attached hydrogens (tertiary/aromatic N) is 1. The number of nitro groups is 1. The zero-order chi connectivity index (χ0) is 9.84. The Balaban J connectivity index is 2.76. The van der Waals surface area contributed by atoms with Gasteiger partial charge in [-0.1, -0.05) is 29.8 Å². The Labute approximate surface area is 76.0 Å². The van der Waals surface area contributed by atoms with E-state index in [1.165, 1.54) is 0 Å². The molecule has 0 aliphatic carbocycles. The third-order valence-electron chi connectivity index (χ3n) is 1.75. The zero-order valence-corrected chi connectivity index (χ0v) is 7.30. The molecular formula is C9H11NO3. The fourth-order valence-electron chi connectivity index (χ4n) is 1.12. The predicted octanol–water partition coefficient (Wildman–Crippen LogP) is 1.31. The number of aliphatic hydroxyl groups is 1. The van der Waals surface area contributed by atoms with Crippen LogP contribution in [0.3, 0.4) is 0 Å². The van der Waals surface area contributed by atoms with E-state index in [9.17, 15) is 15.2 Å². The van der Waals surface area contributed by atoms with Crippen LogP contribution in [0.4, 0.5) is 0 Å². The summed E-state index contributed by atoms with van der Waals surface area (Å²) in [6.45, 7) is 1.44. The van der Waals surface area contributed by atoms with Gasteiger partial charge in [0, 0.05) is 4.92 Å². The average Bonchev–Trinajstić information content (AvgIpc) is 2.03. The van der Waals surface area contributed by atoms with Crippen molar-refractivity contribution in [2.24, 2.45) is 0 Å². The summed E-state index contributed by atoms with van der Waals surface area (Å²) in [4.78, 5) is 9.59. The van der Waals surface area contributed by atoms with Crippen LogP contribution in [0.25, 0.3) is 0 Å². The molecule has 70 valence electrons. The normalized spacial score (nSPS) is 12.5. The van der Waals surface area contributed by atoms with Gasteiger partial charge in [0.15, 0.2) is 0 Å². The van der Waals surface area contributed by atoms with Gasteiger partial charge in [-0.2, -0.15) is 0 Å². The van der Waals surface area contributed by atoms with E-state index < -0.39 is 17.6 Å². The van der Waals surface area contributed by atoms with E-state index in [2.05, 4.69) is 0 Å². The van der Waals surface area contributed by atoms with Crippen LogP contribution in [0, 0.1) is 17.0 Å². The van der Waals surface area contributed by atoms with Gasteiger partial charge in [0.25, 0.3) is 0 Å². The molecule has 0 fully saturated rings. The van der Waals surface area contributed by atoms with Gasteiger partial charge in [-0.15, -0.1) is 0 Å². The minimum absolute atomic E-state index is 0.441. The molecule has 4 heteroatoms. The van der Waals surface area contributed by atoms with Crippen molar-refractivity contribution < 1.29 is 10.0 Å². The number of benzene rings is 1. The fraction of sp³-hybridized carbons (Fsp3) is 0.333. The lowest BCUT2D eigenvalue weighted by Gasteiger charge is -2.06. The van der Waals surface area contributed by atoms with Gasteiger partial charge in [-0.3, -0.25) is 10.1 Å². The first-order valence-electron chi connectivity index (χ1n) is 3.96. The Bertz CT molecular complexity index is 311. The first-order valence-corrected chi connectivity index (χ1v) is 3.96. The molecule has 0 bridgehead atoms. The monoisotopic (exact) mass is 181 g/mol. The topological polar surface area (TPSA) is 63.4 Å². The number of hydrogen-bond donors (Lipinski definition) is 1. The lowest BCUT2D eigenvalue weighted by Crippen LogP contribution is -2.11. The lowest BCUT2D eigenvalue weighted by atomic mass is 10.1. The lowest BCUT2D eigenvalue weighted by molar-refractivity contribution is -0.491. The van der Waals surface area contributed by atoms with Crippen LogP contribution >= 0.6 is 0 Å². The van der Waals surface area contributed by atoms with Crippen LogP contribution < -0.4 is 0 Å². The molecule has 1 rings (SSSR count). The first kappa shape index (κ1) is 9.67. The molecule has 0 aromatic heterocycles. The van der Waals surface area contributed by atoms with Crippen molar-refractivity contribution in [2.45, 2.75) is 13.0 Å². The number of aryl methyl sites for hydroxylation is 1. The van der Waals surface area contributed by atoms with Crippen LogP contribution in [-0.4, -0.2) is 16.6 Å². The van der Waals surface area contributed by atoms with Gasteiger partial charge in [-0.25, -0.2) is 0 Å². The highest BCUT2D eigenvalue weighted by molar-refractivity contribution is 5.23. The maximum absolute atomic E-state index is 10.1. The molecule has 0 heterocycles. The third kappa shape index (κ3) is 2.83. The number of aliphatic hydroxyl groups excluding tert-OH is 1. The van der Waals surface area contributed by atoms with E-state index in [1.54, 1.807) is 18.2 Å². The van der Waals surface area contributed by atoms with Crippen molar-refractivity contribution in [3.05, 3.63) is 45.5 Å². The van der Waals surface area contributed by atoms with Gasteiger partial charge in [-0.05, 0) is 12.5 Å². The second-order valence-electron chi connectivity index (χ2n) is 2.95. The summed E-state index contributed by atoms with van der Waals surface area (Å²) >= 11 is 0. The smallest absolute Gasteiger partial charge is 0.233 e. The summed E-state index contributed by atoms with van der Waals surface area (Å²) in [6.07, 6.45) is -1.00. The molecular weight excluding hydrogens is 170 g/mol. The van der Waals surface area contributed by atoms with Crippen molar-refractivity contribution in [3.63, 3.8) is 0 Å². The molecule has 13 heavy (non-hydrogen) atoms. The van der Waals surface area contributed by atoms with Crippen molar-refractivity contribution in [3.8, 4) is 0 Å². The molecule has 0 saturated heterocycles. The van der Waals surface area contributed by atoms with E-state index in [0.717, 1.165) is 5.56 Å². The standard InChI is InChI=1S/C9H11NO3/c1-7-3-2-4-8(5-7)9(11)6-10(12)13/h2-5,9,11H,6H2,1H3/t9-/m1/s1. The van der Waals surface area contributed by atoms with E-state index in [1.807, 2.05) is 13.0 Å². The Kier molecular flexibility index (Phi) is 2.97. The number of rotatable bonds is 3. The quantitative estimate of drug-likeness (QED) is 0.564. The van der Waals surface area contributed by atoms with Crippen LogP contribution in [0.15, 0.2) is 24.3 Å². The summed E-state index contributed by atoms with van der Waals surface area (Å²) in [7, 11) is 0. The molecule has 1 aromatic rings. The largest absolute Gasteiger partial charge is 0.382 e. The van der Waals surface area contributed by atoms with Crippen molar-refractivity contribution in [1.29, 1.82) is 0 Å². The molecule has 0 aliphatic rings. The Morgan fingerprint density at radius 2 is 2.31 bits per heavy atom. The second-order valence-corrected chi connectivity index (χ2v) is 2.95. The van der Waals surface area contributed by atoms with Crippen LogP contribution in [0.2, 0.25) is 0 Å². The molecule has 1 aromatic carbocycles. The van der Waals surface area contributed by atoms with E-state index in [-0.39, 0.29) is 0 Å². The summed E-state index contributed by atoms with van der Waals surface area (Å²) in [5.41, 5.74) is 1.58. The molecule has 0 saturated carbocycles. The SMILES string of the molecule is Cc1cccc([C@H](O)C[N+](=O)[O-])c1. The van der Waals surface area contributed by atoms with Crippen molar-refractivity contribution in [2.75, 3.05) is 6.54 Å². The summed E-state index contributed by atoms with van der Waals surface area (Å²) in [5.74, 6) is 0. The predicted molar refractivity (Wildman–Crippen MR) is 48.0 cm³/mol. The third-order valence-corrected chi connectivity index (χ3v) is 1.75. The molecule has 4 nitrogen and oxygen atoms in total. The first-order chi connectivity index (χ1) is 6.09. The fourth-order valence-corrected chi connectivity index (χ4v) is 1.12. The summed E-state index contributed by atoms with van der Waals surface area (Å²) in [5, 5.41) is 19.5. The average molecular weight is 181 g/mol. The highest BCUT2D eigenvalue weighted by atomic mass is 16.6. The van der Waals surface area contributed by atoms with Crippen LogP contribution in [0.1, 0.15) is 17.2 Å². The highest BCUT2D eigenvalue weighted by Gasteiger charge is 2.13. The Morgan fingerprint density at radius 1 is 1.62 bits per heavy atom. The molecule has 0 spiro atoms. The summed E-state index contributed by atoms with van der Waals surface area (Å²) in [6, 6.07) is 7.07. The molecule has 1 atom stereocenters. The maximum Gasteiger partial charge on any atom is 0.233 e. The van der Waals surface area contributed by atoms with E-state index in [0.29, 0.717) is 5.56 Å². The minimum Gasteiger partial charge on any atom is -0.382 e. The van der Waals surface area contributed by atoms with Gasteiger partial charge < -0.3 is 5.11 Å². The van der Waals surface area contributed by atoms with E-state index in [4.69, 9.17) is 0 Å². The summed E-state index contributed by atoms with van der Waals surface area (Å²) < 4.78 is 0. The van der Waals surface area contributed by atoms with Gasteiger partial charge in [0.05, 0.1) is 0 Å². The Morgan fingerprint density at radius 3 is 2.85 bits per heavy atom. The Hall–Kier alpha value is -1.42. The molecule has 1 N–H and O–H groups in total. The van der Waals surface area contributed by atoms with Gasteiger partial charge in [0.2, 0.25) is 6.54 Å². The minimum atomic E-state index is -1.00. The highest BCUT2D eigenvalue weighted by Crippen LogP contribution is 2.13. The van der Waals surface area contributed by atoms with Crippen molar-refractivity contribution in [1.82, 2.24) is 0 Å². The molecule has 0 aliphatic heterocycles. The second kappa shape index (κ2) is 4.00. The van der Waals surface area contributed by atoms with Crippen LogP contribution in [-0.2, 0) is 0 Å². The van der Waals surface area contributed by atoms with Gasteiger partial charge in [0.1, 0.15) is 6.10 Å². The molecule has 0 radical (unpaired) electrons. The van der Waals surface area contributed by atoms with Crippen LogP contribution in [0.5, 0.6) is 0 Å². The van der Waals surface area contributed by atoms with Gasteiger partial charge >= 0.3 is 0 Å². The van der Waals surface area contributed by atoms with Crippen molar-refractivity contribution >= 4 is 0 Å². The number of hydrogen-bond acceptors (Lipinski definition) is 3. The van der Waals surface area contributed by atoms with E-state index >= 15 is 0 Å². The maximum atomic E-state index is 10.1. The molecule has 0 unspecified atom stereocenters. The zero-order valence-electron chi connectivity index (χ0n) is 7.30.